The quantitative estimate of drug-likeness (QED) is 0.477. The fraction of sp³-hybridized carbons (Fsp3) is 0.190. The summed E-state index contributed by atoms with van der Waals surface area (Å²) in [6.07, 6.45) is 1.92. The van der Waals surface area contributed by atoms with Gasteiger partial charge in [0.15, 0.2) is 6.61 Å². The number of hydrogen-bond acceptors (Lipinski definition) is 5. The molecule has 8 heteroatoms. The average molecular weight is 412 g/mol. The number of hydrogen-bond donors (Lipinski definition) is 1. The predicted molar refractivity (Wildman–Crippen MR) is 109 cm³/mol. The summed E-state index contributed by atoms with van der Waals surface area (Å²) in [6, 6.07) is 13.0. The van der Waals surface area contributed by atoms with Crippen molar-refractivity contribution in [1.29, 1.82) is 0 Å². The van der Waals surface area contributed by atoms with E-state index in [0.29, 0.717) is 28.5 Å². The van der Waals surface area contributed by atoms with Crippen molar-refractivity contribution in [3.05, 3.63) is 53.7 Å². The number of halogens is 1. The van der Waals surface area contributed by atoms with Gasteiger partial charge in [-0.2, -0.15) is 4.98 Å². The minimum Gasteiger partial charge on any atom is -0.482 e. The maximum Gasteiger partial charge on any atom is 0.341 e. The fourth-order valence-electron chi connectivity index (χ4n) is 3.08. The molecule has 29 heavy (non-hydrogen) atoms. The highest BCUT2D eigenvalue weighted by Crippen LogP contribution is 2.32. The molecule has 0 spiro atoms. The highest BCUT2D eigenvalue weighted by atomic mass is 35.5. The minimum absolute atomic E-state index is 0.299. The first kappa shape index (κ1) is 19.0. The lowest BCUT2D eigenvalue weighted by Gasteiger charge is -2.08. The van der Waals surface area contributed by atoms with Gasteiger partial charge in [0.25, 0.3) is 5.89 Å². The summed E-state index contributed by atoms with van der Waals surface area (Å²) in [7, 11) is 0. The van der Waals surface area contributed by atoms with Crippen LogP contribution in [0.3, 0.4) is 0 Å². The van der Waals surface area contributed by atoms with Gasteiger partial charge >= 0.3 is 5.97 Å². The molecule has 0 aliphatic heterocycles. The number of carbonyl (C=O) groups is 1. The SMILES string of the molecule is CC(C)n1cc(Cl)c2cc(-c3nc(-c4ccc(OCC(=O)O)cc4)no3)ccc21. The third-order valence-corrected chi connectivity index (χ3v) is 4.79. The fourth-order valence-corrected chi connectivity index (χ4v) is 3.33. The summed E-state index contributed by atoms with van der Waals surface area (Å²) in [5.41, 5.74) is 2.55. The van der Waals surface area contributed by atoms with Gasteiger partial charge in [-0.1, -0.05) is 16.8 Å². The van der Waals surface area contributed by atoms with E-state index in [-0.39, 0.29) is 0 Å². The predicted octanol–water partition coefficient (Wildman–Crippen LogP) is 5.06. The summed E-state index contributed by atoms with van der Waals surface area (Å²) in [5.74, 6) is 0.240. The molecule has 0 saturated heterocycles. The highest BCUT2D eigenvalue weighted by molar-refractivity contribution is 6.35. The van der Waals surface area contributed by atoms with Crippen LogP contribution in [0.5, 0.6) is 5.75 Å². The van der Waals surface area contributed by atoms with Crippen molar-refractivity contribution in [2.45, 2.75) is 19.9 Å². The van der Waals surface area contributed by atoms with Crippen LogP contribution in [-0.4, -0.2) is 32.4 Å². The van der Waals surface area contributed by atoms with E-state index >= 15 is 0 Å². The second-order valence-electron chi connectivity index (χ2n) is 6.84. The van der Waals surface area contributed by atoms with E-state index in [1.54, 1.807) is 24.3 Å². The van der Waals surface area contributed by atoms with Gasteiger partial charge in [-0.25, -0.2) is 4.79 Å². The van der Waals surface area contributed by atoms with Crippen LogP contribution < -0.4 is 4.74 Å². The zero-order valence-corrected chi connectivity index (χ0v) is 16.6. The molecule has 0 unspecified atom stereocenters. The number of aromatic nitrogens is 3. The Morgan fingerprint density at radius 1 is 1.21 bits per heavy atom. The maximum atomic E-state index is 10.6. The van der Waals surface area contributed by atoms with Crippen LogP contribution in [0, 0.1) is 0 Å². The molecule has 4 aromatic rings. The van der Waals surface area contributed by atoms with Crippen LogP contribution >= 0.6 is 11.6 Å². The van der Waals surface area contributed by atoms with E-state index < -0.39 is 12.6 Å². The van der Waals surface area contributed by atoms with Crippen LogP contribution in [0.4, 0.5) is 0 Å². The Hall–Kier alpha value is -3.32. The molecule has 0 atom stereocenters. The summed E-state index contributed by atoms with van der Waals surface area (Å²) >= 11 is 6.41. The van der Waals surface area contributed by atoms with Gasteiger partial charge < -0.3 is 18.9 Å². The summed E-state index contributed by atoms with van der Waals surface area (Å²) < 4.78 is 12.7. The molecule has 4 rings (SSSR count). The second-order valence-corrected chi connectivity index (χ2v) is 7.25. The number of fused-ring (bicyclic) bond motifs is 1. The molecule has 2 heterocycles. The van der Waals surface area contributed by atoms with Crippen molar-refractivity contribution in [2.75, 3.05) is 6.61 Å². The molecule has 2 aromatic carbocycles. The average Bonchev–Trinajstić information content (AvgIpc) is 3.32. The van der Waals surface area contributed by atoms with Gasteiger partial charge in [0.1, 0.15) is 5.75 Å². The molecule has 0 amide bonds. The van der Waals surface area contributed by atoms with E-state index in [0.717, 1.165) is 22.0 Å². The van der Waals surface area contributed by atoms with Gasteiger partial charge in [0, 0.05) is 34.3 Å². The first-order valence-electron chi connectivity index (χ1n) is 9.01. The van der Waals surface area contributed by atoms with Crippen LogP contribution in [0.15, 0.2) is 53.2 Å². The highest BCUT2D eigenvalue weighted by Gasteiger charge is 2.15. The molecule has 0 bridgehead atoms. The Labute approximate surface area is 171 Å². The smallest absolute Gasteiger partial charge is 0.341 e. The van der Waals surface area contributed by atoms with E-state index in [9.17, 15) is 4.79 Å². The summed E-state index contributed by atoms with van der Waals surface area (Å²) in [5, 5.41) is 14.3. The molecule has 0 fully saturated rings. The lowest BCUT2D eigenvalue weighted by atomic mass is 10.1. The number of ether oxygens (including phenoxy) is 1. The minimum atomic E-state index is -1.03. The monoisotopic (exact) mass is 411 g/mol. The first-order valence-corrected chi connectivity index (χ1v) is 9.39. The number of nitrogens with zero attached hydrogens (tertiary/aromatic N) is 3. The molecule has 148 valence electrons. The molecule has 1 N–H and O–H groups in total. The van der Waals surface area contributed by atoms with Gasteiger partial charge in [0.05, 0.1) is 5.02 Å². The van der Waals surface area contributed by atoms with Gasteiger partial charge in [-0.05, 0) is 56.3 Å². The Balaban J connectivity index is 1.60. The Morgan fingerprint density at radius 2 is 1.93 bits per heavy atom. The zero-order chi connectivity index (χ0) is 20.5. The first-order chi connectivity index (χ1) is 13.9. The number of aliphatic carboxylic acids is 1. The Kier molecular flexibility index (Phi) is 4.98. The molecule has 7 nitrogen and oxygen atoms in total. The molecule has 0 radical (unpaired) electrons. The van der Waals surface area contributed by atoms with E-state index in [2.05, 4.69) is 28.6 Å². The lowest BCUT2D eigenvalue weighted by molar-refractivity contribution is -0.139. The molecular weight excluding hydrogens is 394 g/mol. The van der Waals surface area contributed by atoms with Crippen molar-refractivity contribution < 1.29 is 19.2 Å². The number of rotatable bonds is 6. The van der Waals surface area contributed by atoms with E-state index in [1.807, 2.05) is 24.4 Å². The topological polar surface area (TPSA) is 90.4 Å². The molecular formula is C21H18ClN3O4. The van der Waals surface area contributed by atoms with Gasteiger partial charge in [-0.15, -0.1) is 0 Å². The molecule has 2 aromatic heterocycles. The lowest BCUT2D eigenvalue weighted by Crippen LogP contribution is -2.09. The van der Waals surface area contributed by atoms with E-state index in [4.69, 9.17) is 26.0 Å². The van der Waals surface area contributed by atoms with Crippen molar-refractivity contribution in [1.82, 2.24) is 14.7 Å². The third-order valence-electron chi connectivity index (χ3n) is 4.49. The van der Waals surface area contributed by atoms with Crippen molar-refractivity contribution in [2.24, 2.45) is 0 Å². The van der Waals surface area contributed by atoms with Gasteiger partial charge in [-0.3, -0.25) is 0 Å². The van der Waals surface area contributed by atoms with Crippen molar-refractivity contribution in [3.63, 3.8) is 0 Å². The van der Waals surface area contributed by atoms with Crippen LogP contribution in [-0.2, 0) is 4.79 Å². The largest absolute Gasteiger partial charge is 0.482 e. The third kappa shape index (κ3) is 3.82. The number of carboxylic acids is 1. The maximum absolute atomic E-state index is 10.6. The molecule has 0 saturated carbocycles. The molecule has 0 aliphatic carbocycles. The van der Waals surface area contributed by atoms with Crippen molar-refractivity contribution >= 4 is 28.5 Å². The Bertz CT molecular complexity index is 1180. The van der Waals surface area contributed by atoms with Crippen LogP contribution in [0.2, 0.25) is 5.02 Å². The summed E-state index contributed by atoms with van der Waals surface area (Å²) in [4.78, 5) is 15.0. The Morgan fingerprint density at radius 3 is 2.62 bits per heavy atom. The van der Waals surface area contributed by atoms with Crippen LogP contribution in [0.1, 0.15) is 19.9 Å². The second kappa shape index (κ2) is 7.60. The van der Waals surface area contributed by atoms with Gasteiger partial charge in [0.2, 0.25) is 5.82 Å². The molecule has 0 aliphatic rings. The number of carboxylic acid groups (broad SMARTS) is 1. The standard InChI is InChI=1S/C21H18ClN3O4/c1-12(2)25-10-17(22)16-9-14(5-8-18(16)25)21-23-20(24-29-21)13-3-6-15(7-4-13)28-11-19(26)27/h3-10,12H,11H2,1-2H3,(H,26,27). The number of benzene rings is 2. The zero-order valence-electron chi connectivity index (χ0n) is 15.8. The van der Waals surface area contributed by atoms with Crippen LogP contribution in [0.25, 0.3) is 33.7 Å². The van der Waals surface area contributed by atoms with E-state index in [1.165, 1.54) is 0 Å². The normalized spacial score (nSPS) is 11.3. The summed E-state index contributed by atoms with van der Waals surface area (Å²) in [6.45, 7) is 3.81. The van der Waals surface area contributed by atoms with Crippen molar-refractivity contribution in [3.8, 4) is 28.6 Å².